The zero-order valence-corrected chi connectivity index (χ0v) is 16.7. The van der Waals surface area contributed by atoms with E-state index >= 15 is 0 Å². The van der Waals surface area contributed by atoms with Gasteiger partial charge in [0.2, 0.25) is 0 Å². The molecule has 2 aromatic carbocycles. The van der Waals surface area contributed by atoms with E-state index < -0.39 is 8.07 Å². The molecule has 0 unspecified atom stereocenters. The van der Waals surface area contributed by atoms with Crippen molar-refractivity contribution in [2.45, 2.75) is 39.8 Å². The van der Waals surface area contributed by atoms with Gasteiger partial charge in [-0.05, 0) is 45.5 Å². The summed E-state index contributed by atoms with van der Waals surface area (Å²) in [4.78, 5) is 0. The maximum absolute atomic E-state index is 2.55. The second-order valence-corrected chi connectivity index (χ2v) is 11.8. The van der Waals surface area contributed by atoms with Crippen LogP contribution in [0, 0.1) is 12.8 Å². The second kappa shape index (κ2) is 6.14. The molecule has 2 aromatic rings. The largest absolute Gasteiger partial charge is 0.113 e. The topological polar surface area (TPSA) is 0 Å². The van der Waals surface area contributed by atoms with Crippen molar-refractivity contribution in [1.29, 1.82) is 0 Å². The molecule has 25 heavy (non-hydrogen) atoms. The molecule has 2 aliphatic carbocycles. The molecular weight excluding hydrogens is 316 g/mol. The van der Waals surface area contributed by atoms with E-state index in [4.69, 9.17) is 0 Å². The third kappa shape index (κ3) is 2.48. The summed E-state index contributed by atoms with van der Waals surface area (Å²) in [6, 6.07) is 17.9. The summed E-state index contributed by atoms with van der Waals surface area (Å²) in [5.74, 6) is 0. The van der Waals surface area contributed by atoms with E-state index in [9.17, 15) is 0 Å². The van der Waals surface area contributed by atoms with Crippen LogP contribution in [0.15, 0.2) is 59.7 Å². The van der Waals surface area contributed by atoms with Crippen LogP contribution in [0.1, 0.15) is 48.9 Å². The number of hydrogen-bond acceptors (Lipinski definition) is 0. The van der Waals surface area contributed by atoms with Gasteiger partial charge in [-0.15, -0.1) is 0 Å². The molecule has 0 bridgehead atoms. The Kier molecular flexibility index (Phi) is 4.08. The van der Waals surface area contributed by atoms with Crippen molar-refractivity contribution in [1.82, 2.24) is 0 Å². The Morgan fingerprint density at radius 2 is 1.04 bits per heavy atom. The minimum atomic E-state index is -1.81. The molecule has 0 amide bonds. The van der Waals surface area contributed by atoms with Crippen LogP contribution < -0.4 is 0 Å². The van der Waals surface area contributed by atoms with Crippen LogP contribution in [0.3, 0.4) is 0 Å². The maximum Gasteiger partial charge on any atom is 0.113 e. The highest BCUT2D eigenvalue weighted by atomic mass is 28.3. The molecule has 0 saturated heterocycles. The van der Waals surface area contributed by atoms with Crippen molar-refractivity contribution in [3.05, 3.63) is 94.8 Å². The third-order valence-electron chi connectivity index (χ3n) is 5.77. The van der Waals surface area contributed by atoms with E-state index in [1.807, 2.05) is 0 Å². The Hall–Kier alpha value is -1.86. The highest BCUT2D eigenvalue weighted by Gasteiger charge is 2.41. The Morgan fingerprint density at radius 1 is 0.640 bits per heavy atom. The lowest BCUT2D eigenvalue weighted by molar-refractivity contribution is 1.13. The first-order valence-electron chi connectivity index (χ1n) is 9.43. The van der Waals surface area contributed by atoms with Gasteiger partial charge in [0, 0.05) is 12.8 Å². The van der Waals surface area contributed by atoms with Crippen molar-refractivity contribution in [2.24, 2.45) is 0 Å². The average Bonchev–Trinajstić information content (AvgIpc) is 3.20. The molecular formula is C24H26Si. The van der Waals surface area contributed by atoms with Gasteiger partial charge in [0.25, 0.3) is 0 Å². The van der Waals surface area contributed by atoms with Gasteiger partial charge in [-0.3, -0.25) is 0 Å². The molecule has 2 radical (unpaired) electrons. The van der Waals surface area contributed by atoms with Gasteiger partial charge in [0.05, 0.1) is 0 Å². The van der Waals surface area contributed by atoms with Gasteiger partial charge in [-0.2, -0.15) is 0 Å². The SMILES string of the molecule is CCC1=C([Si](C)(C)C2=C(CC)[CH]c3ccccc32)c2ccccc2[CH]1. The molecule has 0 atom stereocenters. The number of rotatable bonds is 4. The zero-order chi connectivity index (χ0) is 17.6. The number of allylic oxidation sites excluding steroid dienone is 2. The van der Waals surface area contributed by atoms with E-state index in [0.717, 1.165) is 12.8 Å². The van der Waals surface area contributed by atoms with Crippen LogP contribution in [0.4, 0.5) is 0 Å². The van der Waals surface area contributed by atoms with Crippen LogP contribution >= 0.6 is 0 Å². The number of fused-ring (bicyclic) bond motifs is 2. The van der Waals surface area contributed by atoms with Crippen molar-refractivity contribution in [3.63, 3.8) is 0 Å². The third-order valence-corrected chi connectivity index (χ3v) is 9.45. The van der Waals surface area contributed by atoms with Crippen molar-refractivity contribution in [3.8, 4) is 0 Å². The van der Waals surface area contributed by atoms with Crippen molar-refractivity contribution >= 4 is 18.5 Å². The Bertz CT molecular complexity index is 822. The molecule has 4 rings (SSSR count). The Morgan fingerprint density at radius 3 is 1.44 bits per heavy atom. The summed E-state index contributed by atoms with van der Waals surface area (Å²) in [5, 5.41) is 3.30. The molecule has 0 N–H and O–H groups in total. The van der Waals surface area contributed by atoms with Gasteiger partial charge in [0.1, 0.15) is 8.07 Å². The normalized spacial score (nSPS) is 16.5. The molecule has 0 saturated carbocycles. The lowest BCUT2D eigenvalue weighted by atomic mass is 10.1. The van der Waals surface area contributed by atoms with E-state index in [2.05, 4.69) is 88.3 Å². The van der Waals surface area contributed by atoms with Crippen LogP contribution in [-0.4, -0.2) is 8.07 Å². The fourth-order valence-electron chi connectivity index (χ4n) is 4.73. The quantitative estimate of drug-likeness (QED) is 0.547. The highest BCUT2D eigenvalue weighted by molar-refractivity contribution is 7.09. The lowest BCUT2D eigenvalue weighted by Gasteiger charge is -2.30. The summed E-state index contributed by atoms with van der Waals surface area (Å²) in [7, 11) is -1.81. The zero-order valence-electron chi connectivity index (χ0n) is 15.7. The molecule has 0 fully saturated rings. The maximum atomic E-state index is 2.55. The monoisotopic (exact) mass is 342 g/mol. The fourth-order valence-corrected chi connectivity index (χ4v) is 8.88. The van der Waals surface area contributed by atoms with Gasteiger partial charge >= 0.3 is 0 Å². The molecule has 0 aromatic heterocycles. The van der Waals surface area contributed by atoms with Gasteiger partial charge in [-0.25, -0.2) is 0 Å². The summed E-state index contributed by atoms with van der Waals surface area (Å²) in [6.45, 7) is 9.70. The van der Waals surface area contributed by atoms with Crippen molar-refractivity contribution < 1.29 is 0 Å². The minimum Gasteiger partial charge on any atom is -0.0619 e. The van der Waals surface area contributed by atoms with E-state index in [1.54, 1.807) is 21.5 Å². The first-order chi connectivity index (χ1) is 12.1. The predicted molar refractivity (Wildman–Crippen MR) is 112 cm³/mol. The van der Waals surface area contributed by atoms with Gasteiger partial charge in [-0.1, -0.05) is 86.6 Å². The highest BCUT2D eigenvalue weighted by Crippen LogP contribution is 2.50. The fraction of sp³-hybridized carbons (Fsp3) is 0.250. The summed E-state index contributed by atoms with van der Waals surface area (Å²) < 4.78 is 0. The first kappa shape index (κ1) is 16.6. The smallest absolute Gasteiger partial charge is 0.0619 e. The molecule has 0 aliphatic heterocycles. The molecule has 0 nitrogen and oxygen atoms in total. The molecule has 1 heteroatoms. The average molecular weight is 343 g/mol. The molecule has 0 heterocycles. The van der Waals surface area contributed by atoms with Crippen molar-refractivity contribution in [2.75, 3.05) is 0 Å². The Balaban J connectivity index is 1.92. The van der Waals surface area contributed by atoms with Gasteiger partial charge < -0.3 is 0 Å². The summed E-state index contributed by atoms with van der Waals surface area (Å²) >= 11 is 0. The number of hydrogen-bond donors (Lipinski definition) is 0. The Labute approximate surface area is 153 Å². The lowest BCUT2D eigenvalue weighted by Crippen LogP contribution is -2.31. The standard InChI is InChI=1S/C24H26Si/c1-5-17-15-19-11-7-9-13-21(19)23(17)25(3,4)24-18(6-2)16-20-12-8-10-14-22(20)24/h7-16H,5-6H2,1-4H3. The first-order valence-corrected chi connectivity index (χ1v) is 12.4. The second-order valence-electron chi connectivity index (χ2n) is 7.60. The van der Waals surface area contributed by atoms with Crippen LogP contribution in [0.5, 0.6) is 0 Å². The van der Waals surface area contributed by atoms with E-state index in [0.29, 0.717) is 0 Å². The van der Waals surface area contributed by atoms with Crippen LogP contribution in [0.25, 0.3) is 10.4 Å². The summed E-state index contributed by atoms with van der Waals surface area (Å²) in [6.07, 6.45) is 7.08. The van der Waals surface area contributed by atoms with Crippen LogP contribution in [-0.2, 0) is 0 Å². The van der Waals surface area contributed by atoms with Gasteiger partial charge in [0.15, 0.2) is 0 Å². The predicted octanol–water partition coefficient (Wildman–Crippen LogP) is 6.63. The van der Waals surface area contributed by atoms with E-state index in [-0.39, 0.29) is 0 Å². The number of benzene rings is 2. The van der Waals surface area contributed by atoms with E-state index in [1.165, 1.54) is 22.3 Å². The molecule has 126 valence electrons. The minimum absolute atomic E-state index is 1.11. The molecule has 0 spiro atoms. The van der Waals surface area contributed by atoms with Crippen LogP contribution in [0.2, 0.25) is 13.1 Å². The molecule has 2 aliphatic rings. The summed E-state index contributed by atoms with van der Waals surface area (Å²) in [5.41, 5.74) is 8.86.